The normalized spacial score (nSPS) is 25.8. The van der Waals surface area contributed by atoms with E-state index < -0.39 is 0 Å². The lowest BCUT2D eigenvalue weighted by Gasteiger charge is -2.03. The van der Waals surface area contributed by atoms with Gasteiger partial charge in [-0.3, -0.25) is 0 Å². The van der Waals surface area contributed by atoms with Crippen molar-refractivity contribution in [2.24, 2.45) is 21.9 Å². The van der Waals surface area contributed by atoms with E-state index in [9.17, 15) is 0 Å². The molecule has 0 aromatic rings. The van der Waals surface area contributed by atoms with Crippen molar-refractivity contribution in [3.8, 4) is 0 Å². The van der Waals surface area contributed by atoms with Crippen molar-refractivity contribution in [2.45, 2.75) is 41.5 Å². The molecule has 76 valence electrons. The second-order valence-electron chi connectivity index (χ2n) is 5.03. The van der Waals surface area contributed by atoms with Gasteiger partial charge in [0.05, 0.1) is 5.71 Å². The summed E-state index contributed by atoms with van der Waals surface area (Å²) in [6.45, 7) is 13.9. The van der Waals surface area contributed by atoms with Crippen molar-refractivity contribution < 1.29 is 4.84 Å². The molecule has 0 aromatic carbocycles. The maximum absolute atomic E-state index is 5.07. The minimum absolute atomic E-state index is 0.373. The zero-order valence-electron chi connectivity index (χ0n) is 9.64. The summed E-state index contributed by atoms with van der Waals surface area (Å²) in [7, 11) is 0. The van der Waals surface area contributed by atoms with Crippen LogP contribution in [0, 0.1) is 16.7 Å². The zero-order chi connectivity index (χ0) is 10.3. The monoisotopic (exact) mass is 183 g/mol. The van der Waals surface area contributed by atoms with Crippen LogP contribution >= 0.6 is 0 Å². The largest absolute Gasteiger partial charge is 0.396 e. The van der Waals surface area contributed by atoms with Gasteiger partial charge in [-0.2, -0.15) is 0 Å². The van der Waals surface area contributed by atoms with Gasteiger partial charge in [0, 0.05) is 5.92 Å². The molecule has 1 aliphatic rings. The van der Waals surface area contributed by atoms with E-state index >= 15 is 0 Å². The van der Waals surface area contributed by atoms with Crippen LogP contribution in [-0.4, -0.2) is 12.3 Å². The minimum Gasteiger partial charge on any atom is -0.396 e. The molecule has 13 heavy (non-hydrogen) atoms. The number of oxime groups is 1. The first kappa shape index (κ1) is 10.6. The summed E-state index contributed by atoms with van der Waals surface area (Å²) in [4.78, 5) is 5.07. The molecular weight excluding hydrogens is 162 g/mol. The van der Waals surface area contributed by atoms with Crippen LogP contribution in [0.5, 0.6) is 0 Å². The van der Waals surface area contributed by atoms with Gasteiger partial charge in [0.1, 0.15) is 6.61 Å². The highest BCUT2D eigenvalue weighted by molar-refractivity contribution is 5.88. The van der Waals surface area contributed by atoms with Crippen LogP contribution in [0.25, 0.3) is 0 Å². The van der Waals surface area contributed by atoms with Crippen LogP contribution in [0.15, 0.2) is 5.16 Å². The SMILES string of the molecule is CCO/N=C(\C)C1C(C)(C)C1(C)C. The molecule has 0 heterocycles. The van der Waals surface area contributed by atoms with Crippen LogP contribution in [0.4, 0.5) is 0 Å². The van der Waals surface area contributed by atoms with Crippen LogP contribution in [0.2, 0.25) is 0 Å². The van der Waals surface area contributed by atoms with Gasteiger partial charge in [-0.05, 0) is 24.7 Å². The molecular formula is C11H21NO. The summed E-state index contributed by atoms with van der Waals surface area (Å²) in [5.74, 6) is 0.576. The second kappa shape index (κ2) is 3.00. The number of nitrogens with zero attached hydrogens (tertiary/aromatic N) is 1. The molecule has 1 fully saturated rings. The standard InChI is InChI=1S/C11H21NO/c1-7-13-12-8(2)9-10(3,4)11(9,5)6/h9H,7H2,1-6H3/b12-8+. The lowest BCUT2D eigenvalue weighted by Crippen LogP contribution is -2.03. The Balaban J connectivity index is 2.67. The summed E-state index contributed by atoms with van der Waals surface area (Å²) >= 11 is 0. The number of rotatable bonds is 3. The highest BCUT2D eigenvalue weighted by atomic mass is 16.6. The lowest BCUT2D eigenvalue weighted by molar-refractivity contribution is 0.157. The third-order valence-corrected chi connectivity index (χ3v) is 3.78. The molecule has 0 aliphatic heterocycles. The van der Waals surface area contributed by atoms with Gasteiger partial charge in [0.2, 0.25) is 0 Å². The van der Waals surface area contributed by atoms with E-state index in [0.29, 0.717) is 23.4 Å². The smallest absolute Gasteiger partial charge is 0.114 e. The van der Waals surface area contributed by atoms with Crippen LogP contribution in [0.1, 0.15) is 41.5 Å². The number of hydrogen-bond donors (Lipinski definition) is 0. The molecule has 0 spiro atoms. The van der Waals surface area contributed by atoms with Crippen LogP contribution < -0.4 is 0 Å². The molecule has 2 heteroatoms. The predicted octanol–water partition coefficient (Wildman–Crippen LogP) is 3.08. The first-order valence-corrected chi connectivity index (χ1v) is 5.02. The predicted molar refractivity (Wildman–Crippen MR) is 55.8 cm³/mol. The summed E-state index contributed by atoms with van der Waals surface area (Å²) in [5, 5.41) is 4.11. The third kappa shape index (κ3) is 1.47. The Morgan fingerprint density at radius 1 is 1.23 bits per heavy atom. The van der Waals surface area contributed by atoms with E-state index in [-0.39, 0.29) is 0 Å². The van der Waals surface area contributed by atoms with Crippen LogP contribution in [-0.2, 0) is 4.84 Å². The Hall–Kier alpha value is -0.530. The summed E-state index contributed by atoms with van der Waals surface area (Å²) < 4.78 is 0. The molecule has 1 saturated carbocycles. The van der Waals surface area contributed by atoms with Crippen molar-refractivity contribution >= 4 is 5.71 Å². The van der Waals surface area contributed by atoms with Crippen LogP contribution in [0.3, 0.4) is 0 Å². The Labute approximate surface area is 81.3 Å². The topological polar surface area (TPSA) is 21.6 Å². The Kier molecular flexibility index (Phi) is 2.44. The fourth-order valence-corrected chi connectivity index (χ4v) is 2.46. The Bertz CT molecular complexity index is 214. The summed E-state index contributed by atoms with van der Waals surface area (Å²) in [6.07, 6.45) is 0. The Morgan fingerprint density at radius 3 is 2.00 bits per heavy atom. The maximum Gasteiger partial charge on any atom is 0.114 e. The van der Waals surface area contributed by atoms with Crippen molar-refractivity contribution in [2.75, 3.05) is 6.61 Å². The molecule has 0 radical (unpaired) electrons. The van der Waals surface area contributed by atoms with Crippen molar-refractivity contribution in [3.05, 3.63) is 0 Å². The van der Waals surface area contributed by atoms with E-state index in [1.807, 2.05) is 6.92 Å². The quantitative estimate of drug-likeness (QED) is 0.486. The molecule has 0 saturated heterocycles. The van der Waals surface area contributed by atoms with Gasteiger partial charge in [-0.1, -0.05) is 32.9 Å². The molecule has 2 nitrogen and oxygen atoms in total. The van der Waals surface area contributed by atoms with Gasteiger partial charge in [-0.25, -0.2) is 0 Å². The van der Waals surface area contributed by atoms with Crippen molar-refractivity contribution in [1.82, 2.24) is 0 Å². The average Bonchev–Trinajstić information content (AvgIpc) is 2.39. The van der Waals surface area contributed by atoms with Gasteiger partial charge in [-0.15, -0.1) is 0 Å². The second-order valence-corrected chi connectivity index (χ2v) is 5.03. The van der Waals surface area contributed by atoms with Gasteiger partial charge >= 0.3 is 0 Å². The van der Waals surface area contributed by atoms with E-state index in [1.165, 1.54) is 0 Å². The fourth-order valence-electron chi connectivity index (χ4n) is 2.46. The zero-order valence-corrected chi connectivity index (χ0v) is 9.64. The molecule has 0 aromatic heterocycles. The van der Waals surface area contributed by atoms with E-state index in [2.05, 4.69) is 39.8 Å². The van der Waals surface area contributed by atoms with Gasteiger partial charge < -0.3 is 4.84 Å². The maximum atomic E-state index is 5.07. The van der Waals surface area contributed by atoms with Crippen molar-refractivity contribution in [1.29, 1.82) is 0 Å². The van der Waals surface area contributed by atoms with E-state index in [0.717, 1.165) is 5.71 Å². The average molecular weight is 183 g/mol. The Morgan fingerprint density at radius 2 is 1.69 bits per heavy atom. The molecule has 0 amide bonds. The molecule has 0 unspecified atom stereocenters. The summed E-state index contributed by atoms with van der Waals surface area (Å²) in [6, 6.07) is 0. The lowest BCUT2D eigenvalue weighted by atomic mass is 10.0. The van der Waals surface area contributed by atoms with E-state index in [1.54, 1.807) is 0 Å². The first-order chi connectivity index (χ1) is 5.85. The molecule has 1 aliphatic carbocycles. The van der Waals surface area contributed by atoms with Gasteiger partial charge in [0.25, 0.3) is 0 Å². The molecule has 0 bridgehead atoms. The molecule has 0 N–H and O–H groups in total. The highest BCUT2D eigenvalue weighted by Gasteiger charge is 2.66. The molecule has 1 rings (SSSR count). The fraction of sp³-hybridized carbons (Fsp3) is 0.909. The number of hydrogen-bond acceptors (Lipinski definition) is 2. The minimum atomic E-state index is 0.373. The first-order valence-electron chi connectivity index (χ1n) is 5.02. The third-order valence-electron chi connectivity index (χ3n) is 3.78. The summed E-state index contributed by atoms with van der Waals surface area (Å²) in [5.41, 5.74) is 1.88. The highest BCUT2D eigenvalue weighted by Crippen LogP contribution is 2.68. The van der Waals surface area contributed by atoms with Crippen molar-refractivity contribution in [3.63, 3.8) is 0 Å². The molecule has 0 atom stereocenters. The van der Waals surface area contributed by atoms with E-state index in [4.69, 9.17) is 4.84 Å². The van der Waals surface area contributed by atoms with Gasteiger partial charge in [0.15, 0.2) is 0 Å².